The zero-order chi connectivity index (χ0) is 17.3. The molecule has 5 heteroatoms. The summed E-state index contributed by atoms with van der Waals surface area (Å²) in [6.45, 7) is 5.42. The first-order chi connectivity index (χ1) is 11.5. The predicted octanol–water partition coefficient (Wildman–Crippen LogP) is 2.06. The minimum absolute atomic E-state index is 0.0134. The summed E-state index contributed by atoms with van der Waals surface area (Å²) in [5.74, 6) is 1.53. The molecule has 0 aromatic heterocycles. The minimum Gasteiger partial charge on any atom is -0.393 e. The van der Waals surface area contributed by atoms with Crippen molar-refractivity contribution in [2.45, 2.75) is 76.5 Å². The smallest absolute Gasteiger partial charge is 0.237 e. The van der Waals surface area contributed by atoms with E-state index in [-0.39, 0.29) is 23.6 Å². The fourth-order valence-corrected chi connectivity index (χ4v) is 5.31. The van der Waals surface area contributed by atoms with Gasteiger partial charge in [-0.15, -0.1) is 0 Å². The third kappa shape index (κ3) is 3.32. The van der Waals surface area contributed by atoms with E-state index in [1.807, 2.05) is 0 Å². The van der Waals surface area contributed by atoms with Gasteiger partial charge in [0.15, 0.2) is 0 Å². The Morgan fingerprint density at radius 2 is 2.21 bits per heavy atom. The molecule has 2 saturated carbocycles. The number of carbonyl (C=O) groups excluding carboxylic acids is 1. The van der Waals surface area contributed by atoms with Crippen LogP contribution in [0.15, 0.2) is 0 Å². The number of nitrogens with zero attached hydrogens (tertiary/aromatic N) is 2. The second-order valence-corrected chi connectivity index (χ2v) is 8.29. The Bertz CT molecular complexity index is 515. The van der Waals surface area contributed by atoms with Crippen LogP contribution in [0.4, 0.5) is 0 Å². The van der Waals surface area contributed by atoms with E-state index < -0.39 is 0 Å². The number of hydrogen-bond donors (Lipinski definition) is 2. The Morgan fingerprint density at radius 1 is 1.42 bits per heavy atom. The zero-order valence-corrected chi connectivity index (χ0v) is 15.0. The van der Waals surface area contributed by atoms with Crippen molar-refractivity contribution in [3.8, 4) is 6.07 Å². The topological polar surface area (TPSA) is 76.4 Å². The highest BCUT2D eigenvalue weighted by molar-refractivity contribution is 5.79. The maximum absolute atomic E-state index is 12.6. The first kappa shape index (κ1) is 17.7. The molecule has 3 fully saturated rings. The van der Waals surface area contributed by atoms with Gasteiger partial charge in [-0.1, -0.05) is 13.8 Å². The van der Waals surface area contributed by atoms with Gasteiger partial charge in [0.05, 0.1) is 18.7 Å². The van der Waals surface area contributed by atoms with Gasteiger partial charge >= 0.3 is 0 Å². The first-order valence-corrected chi connectivity index (χ1v) is 9.60. The summed E-state index contributed by atoms with van der Waals surface area (Å²) >= 11 is 0. The molecule has 0 spiro atoms. The number of aliphatic hydroxyl groups excluding tert-OH is 1. The molecule has 3 rings (SSSR count). The fourth-order valence-electron chi connectivity index (χ4n) is 5.31. The van der Waals surface area contributed by atoms with Crippen LogP contribution in [-0.4, -0.2) is 46.7 Å². The van der Waals surface area contributed by atoms with Crippen LogP contribution in [0.5, 0.6) is 0 Å². The molecule has 2 aliphatic carbocycles. The third-order valence-corrected chi connectivity index (χ3v) is 6.91. The van der Waals surface area contributed by atoms with Gasteiger partial charge in [-0.25, -0.2) is 0 Å². The second kappa shape index (κ2) is 7.01. The number of aliphatic hydroxyl groups is 1. The van der Waals surface area contributed by atoms with Gasteiger partial charge < -0.3 is 15.3 Å². The van der Waals surface area contributed by atoms with Crippen LogP contribution >= 0.6 is 0 Å². The number of amides is 1. The van der Waals surface area contributed by atoms with Crippen molar-refractivity contribution in [2.24, 2.45) is 17.8 Å². The van der Waals surface area contributed by atoms with Gasteiger partial charge in [0.25, 0.3) is 0 Å². The van der Waals surface area contributed by atoms with E-state index in [1.54, 1.807) is 4.90 Å². The van der Waals surface area contributed by atoms with Crippen molar-refractivity contribution in [3.05, 3.63) is 0 Å². The van der Waals surface area contributed by atoms with Crippen molar-refractivity contribution >= 4 is 5.91 Å². The SMILES string of the molecule is CC[C@]1(NCC(=O)N2CCC[C@H]2C#N)CC2C[C@H](CC(O)[C@H]2C)C1. The Kier molecular flexibility index (Phi) is 5.17. The summed E-state index contributed by atoms with van der Waals surface area (Å²) < 4.78 is 0. The van der Waals surface area contributed by atoms with Crippen molar-refractivity contribution in [1.29, 1.82) is 5.26 Å². The molecule has 2 unspecified atom stereocenters. The lowest BCUT2D eigenvalue weighted by molar-refractivity contribution is -0.131. The summed E-state index contributed by atoms with van der Waals surface area (Å²) in [4.78, 5) is 14.3. The van der Waals surface area contributed by atoms with Gasteiger partial charge in [0, 0.05) is 12.1 Å². The normalized spacial score (nSPS) is 41.9. The highest BCUT2D eigenvalue weighted by Gasteiger charge is 2.46. The Labute approximate surface area is 145 Å². The van der Waals surface area contributed by atoms with Crippen LogP contribution in [0, 0.1) is 29.1 Å². The zero-order valence-electron chi connectivity index (χ0n) is 15.0. The summed E-state index contributed by atoms with van der Waals surface area (Å²) in [5.41, 5.74) is 0.0134. The summed E-state index contributed by atoms with van der Waals surface area (Å²) in [6.07, 6.45) is 6.81. The van der Waals surface area contributed by atoms with Crippen LogP contribution in [0.1, 0.15) is 58.8 Å². The molecule has 1 heterocycles. The van der Waals surface area contributed by atoms with Gasteiger partial charge in [-0.05, 0) is 62.7 Å². The van der Waals surface area contributed by atoms with Crippen molar-refractivity contribution in [2.75, 3.05) is 13.1 Å². The quantitative estimate of drug-likeness (QED) is 0.825. The van der Waals surface area contributed by atoms with Crippen molar-refractivity contribution in [3.63, 3.8) is 0 Å². The number of rotatable bonds is 4. The molecule has 1 amide bonds. The van der Waals surface area contributed by atoms with Gasteiger partial charge in [0.1, 0.15) is 6.04 Å². The lowest BCUT2D eigenvalue weighted by Gasteiger charge is -2.51. The molecule has 6 atom stereocenters. The van der Waals surface area contributed by atoms with E-state index in [4.69, 9.17) is 0 Å². The molecule has 1 saturated heterocycles. The highest BCUT2D eigenvalue weighted by atomic mass is 16.3. The number of nitrogens with one attached hydrogen (secondary N) is 1. The van der Waals surface area contributed by atoms with Crippen molar-refractivity contribution in [1.82, 2.24) is 10.2 Å². The van der Waals surface area contributed by atoms with Crippen LogP contribution in [0.3, 0.4) is 0 Å². The van der Waals surface area contributed by atoms with Crippen molar-refractivity contribution < 1.29 is 9.90 Å². The predicted molar refractivity (Wildman–Crippen MR) is 92.0 cm³/mol. The van der Waals surface area contributed by atoms with E-state index in [2.05, 4.69) is 25.2 Å². The number of fused-ring (bicyclic) bond motifs is 2. The lowest BCUT2D eigenvalue weighted by atomic mass is 9.59. The van der Waals surface area contributed by atoms with E-state index in [0.717, 1.165) is 38.5 Å². The van der Waals surface area contributed by atoms with E-state index in [0.29, 0.717) is 30.8 Å². The minimum atomic E-state index is -0.238. The monoisotopic (exact) mass is 333 g/mol. The van der Waals surface area contributed by atoms with E-state index >= 15 is 0 Å². The van der Waals surface area contributed by atoms with Crippen LogP contribution in [0.25, 0.3) is 0 Å². The second-order valence-electron chi connectivity index (χ2n) is 8.29. The van der Waals surface area contributed by atoms with E-state index in [1.165, 1.54) is 6.42 Å². The molecule has 1 aliphatic heterocycles. The van der Waals surface area contributed by atoms with Gasteiger partial charge in [-0.2, -0.15) is 5.26 Å². The largest absolute Gasteiger partial charge is 0.393 e. The highest BCUT2D eigenvalue weighted by Crippen LogP contribution is 2.48. The molecule has 134 valence electrons. The van der Waals surface area contributed by atoms with Crippen LogP contribution in [0.2, 0.25) is 0 Å². The molecule has 0 aromatic rings. The first-order valence-electron chi connectivity index (χ1n) is 9.60. The molecule has 3 aliphatic rings. The van der Waals surface area contributed by atoms with Crippen LogP contribution < -0.4 is 5.32 Å². The maximum atomic E-state index is 12.6. The van der Waals surface area contributed by atoms with Gasteiger partial charge in [0.2, 0.25) is 5.91 Å². The molecule has 2 N–H and O–H groups in total. The molecule has 0 aromatic carbocycles. The summed E-state index contributed by atoms with van der Waals surface area (Å²) in [6, 6.07) is 2.01. The number of carbonyl (C=O) groups is 1. The average Bonchev–Trinajstić information content (AvgIpc) is 3.06. The molecule has 24 heavy (non-hydrogen) atoms. The Morgan fingerprint density at radius 3 is 2.92 bits per heavy atom. The number of hydrogen-bond acceptors (Lipinski definition) is 4. The summed E-state index contributed by atoms with van der Waals surface area (Å²) in [7, 11) is 0. The molecular weight excluding hydrogens is 302 g/mol. The number of likely N-dealkylation sites (tertiary alicyclic amines) is 1. The van der Waals surface area contributed by atoms with E-state index in [9.17, 15) is 15.2 Å². The third-order valence-electron chi connectivity index (χ3n) is 6.91. The lowest BCUT2D eigenvalue weighted by Crippen LogP contribution is -2.56. The molecular formula is C19H31N3O2. The number of nitriles is 1. The molecule has 2 bridgehead atoms. The van der Waals surface area contributed by atoms with Gasteiger partial charge in [-0.3, -0.25) is 4.79 Å². The Hall–Kier alpha value is -1.12. The molecule has 0 radical (unpaired) electrons. The summed E-state index contributed by atoms with van der Waals surface area (Å²) in [5, 5.41) is 23.0. The fraction of sp³-hybridized carbons (Fsp3) is 0.895. The standard InChI is InChI=1S/C19H31N3O2/c1-3-19(9-14-7-15(10-19)13(2)17(23)8-14)21-12-18(24)22-6-4-5-16(22)11-20/h13-17,21,23H,3-10,12H2,1-2H3/t13-,14+,15?,16-,17?,19+/m0/s1. The average molecular weight is 333 g/mol. The molecule has 5 nitrogen and oxygen atoms in total. The van der Waals surface area contributed by atoms with Crippen LogP contribution in [-0.2, 0) is 4.79 Å². The maximum Gasteiger partial charge on any atom is 0.237 e. The Balaban J connectivity index is 1.62.